The van der Waals surface area contributed by atoms with E-state index in [1.165, 1.54) is 63.4 Å². The summed E-state index contributed by atoms with van der Waals surface area (Å²) >= 11 is 0. The summed E-state index contributed by atoms with van der Waals surface area (Å²) in [5, 5.41) is 0. The number of hydrogen-bond donors (Lipinski definition) is 0. The van der Waals surface area contributed by atoms with Crippen molar-refractivity contribution >= 4 is 5.91 Å². The van der Waals surface area contributed by atoms with Crippen molar-refractivity contribution in [3.8, 4) is 11.5 Å². The largest absolute Gasteiger partial charge is 0.493 e. The number of fused-ring (bicyclic) bond motifs is 1. The molecule has 4 nitrogen and oxygen atoms in total. The Morgan fingerprint density at radius 2 is 1.65 bits per heavy atom. The lowest BCUT2D eigenvalue weighted by Gasteiger charge is -2.44. The van der Waals surface area contributed by atoms with Crippen molar-refractivity contribution in [1.29, 1.82) is 0 Å². The summed E-state index contributed by atoms with van der Waals surface area (Å²) in [6.45, 7) is 2.58. The van der Waals surface area contributed by atoms with Gasteiger partial charge in [0.1, 0.15) is 17.1 Å². The van der Waals surface area contributed by atoms with Gasteiger partial charge >= 0.3 is 0 Å². The molecule has 1 aromatic rings. The maximum Gasteiger partial charge on any atom is 0.225 e. The molecule has 0 atom stereocenters. The average molecular weight is 466 g/mol. The molecule has 2 aliphatic heterocycles. The summed E-state index contributed by atoms with van der Waals surface area (Å²) in [6.07, 6.45) is 19.2. The highest BCUT2D eigenvalue weighted by Gasteiger charge is 2.40. The van der Waals surface area contributed by atoms with Crippen LogP contribution in [0.15, 0.2) is 18.2 Å². The fourth-order valence-electron chi connectivity index (χ4n) is 6.81. The number of aryl methyl sites for hydroxylation is 1. The molecule has 1 spiro atoms. The Bertz CT molecular complexity index is 858. The minimum atomic E-state index is 0.0915. The highest BCUT2D eigenvalue weighted by atomic mass is 16.5. The zero-order valence-electron chi connectivity index (χ0n) is 20.9. The van der Waals surface area contributed by atoms with Gasteiger partial charge in [-0.3, -0.25) is 4.79 Å². The second kappa shape index (κ2) is 9.74. The summed E-state index contributed by atoms with van der Waals surface area (Å²) in [5.74, 6) is 5.36. The first-order valence-electron chi connectivity index (χ1n) is 14.4. The van der Waals surface area contributed by atoms with Crippen LogP contribution in [0.1, 0.15) is 95.5 Å². The van der Waals surface area contributed by atoms with Crippen molar-refractivity contribution in [3.63, 3.8) is 0 Å². The third-order valence-corrected chi connectivity index (χ3v) is 9.77. The zero-order chi connectivity index (χ0) is 23.0. The summed E-state index contributed by atoms with van der Waals surface area (Å²) < 4.78 is 12.9. The predicted molar refractivity (Wildman–Crippen MR) is 134 cm³/mol. The van der Waals surface area contributed by atoms with Gasteiger partial charge in [-0.05, 0) is 106 Å². The molecule has 3 saturated carbocycles. The van der Waals surface area contributed by atoms with Crippen LogP contribution in [0.2, 0.25) is 0 Å². The lowest BCUT2D eigenvalue weighted by atomic mass is 9.72. The number of amides is 1. The van der Waals surface area contributed by atoms with Crippen LogP contribution in [0.25, 0.3) is 0 Å². The van der Waals surface area contributed by atoms with Crippen LogP contribution in [0.4, 0.5) is 0 Å². The molecule has 1 aromatic carbocycles. The van der Waals surface area contributed by atoms with E-state index in [-0.39, 0.29) is 5.60 Å². The van der Waals surface area contributed by atoms with Crippen LogP contribution in [0, 0.1) is 23.7 Å². The quantitative estimate of drug-likeness (QED) is 0.458. The van der Waals surface area contributed by atoms with Crippen molar-refractivity contribution in [2.45, 2.75) is 102 Å². The molecule has 0 N–H and O–H groups in total. The Kier molecular flexibility index (Phi) is 6.51. The molecule has 6 rings (SSSR count). The Morgan fingerprint density at radius 1 is 0.912 bits per heavy atom. The molecule has 0 radical (unpaired) electrons. The molecular formula is C30H43NO3. The van der Waals surface area contributed by atoms with E-state index in [9.17, 15) is 4.79 Å². The van der Waals surface area contributed by atoms with Gasteiger partial charge in [-0.15, -0.1) is 0 Å². The normalized spacial score (nSPS) is 29.9. The average Bonchev–Trinajstić information content (AvgIpc) is 3.69. The van der Waals surface area contributed by atoms with Crippen LogP contribution in [0.5, 0.6) is 11.5 Å². The van der Waals surface area contributed by atoms with Crippen LogP contribution in [-0.4, -0.2) is 36.1 Å². The lowest BCUT2D eigenvalue weighted by Crippen LogP contribution is -2.43. The highest BCUT2D eigenvalue weighted by molar-refractivity contribution is 5.81. The van der Waals surface area contributed by atoms with Gasteiger partial charge < -0.3 is 14.4 Å². The Balaban J connectivity index is 0.957. The Morgan fingerprint density at radius 3 is 2.32 bits per heavy atom. The van der Waals surface area contributed by atoms with E-state index in [0.717, 1.165) is 81.6 Å². The number of benzene rings is 1. The summed E-state index contributed by atoms with van der Waals surface area (Å²) in [6, 6.07) is 6.48. The van der Waals surface area contributed by atoms with E-state index in [4.69, 9.17) is 9.47 Å². The molecule has 4 fully saturated rings. The number of piperidine rings is 1. The predicted octanol–water partition coefficient (Wildman–Crippen LogP) is 6.55. The maximum atomic E-state index is 12.3. The number of nitrogens with zero attached hydrogens (tertiary/aromatic N) is 1. The first-order chi connectivity index (χ1) is 16.7. The second-order valence-electron chi connectivity index (χ2n) is 12.2. The van der Waals surface area contributed by atoms with Gasteiger partial charge in [0.15, 0.2) is 0 Å². The van der Waals surface area contributed by atoms with E-state index in [2.05, 4.69) is 23.1 Å². The van der Waals surface area contributed by atoms with E-state index < -0.39 is 0 Å². The van der Waals surface area contributed by atoms with Gasteiger partial charge in [0.25, 0.3) is 0 Å². The fraction of sp³-hybridized carbons (Fsp3) is 0.767. The number of likely N-dealkylation sites (tertiary alicyclic amines) is 1. The van der Waals surface area contributed by atoms with Gasteiger partial charge in [-0.1, -0.05) is 32.1 Å². The van der Waals surface area contributed by atoms with Crippen LogP contribution in [-0.2, 0) is 11.2 Å². The number of carbonyl (C=O) groups is 1. The molecule has 5 aliphatic rings. The summed E-state index contributed by atoms with van der Waals surface area (Å²) in [7, 11) is 0. The molecule has 0 aromatic heterocycles. The van der Waals surface area contributed by atoms with E-state index in [1.54, 1.807) is 0 Å². The molecule has 1 saturated heterocycles. The molecule has 186 valence electrons. The molecule has 4 heteroatoms. The van der Waals surface area contributed by atoms with Crippen molar-refractivity contribution in [1.82, 2.24) is 4.90 Å². The number of rotatable bonds is 7. The SMILES string of the molecule is O=C(C1CC1)N1CCC(COc2ccc3c(c2)CCC2(CCC(CCC4CCC4)CC2)O3)CC1. The topological polar surface area (TPSA) is 38.8 Å². The van der Waals surface area contributed by atoms with Crippen molar-refractivity contribution in [2.24, 2.45) is 23.7 Å². The highest BCUT2D eigenvalue weighted by Crippen LogP contribution is 2.45. The molecule has 1 amide bonds. The minimum absolute atomic E-state index is 0.0915. The monoisotopic (exact) mass is 465 g/mol. The second-order valence-corrected chi connectivity index (χ2v) is 12.2. The first-order valence-corrected chi connectivity index (χ1v) is 14.4. The number of hydrogen-bond acceptors (Lipinski definition) is 3. The third-order valence-electron chi connectivity index (χ3n) is 9.77. The van der Waals surface area contributed by atoms with Crippen molar-refractivity contribution < 1.29 is 14.3 Å². The molecular weight excluding hydrogens is 422 g/mol. The van der Waals surface area contributed by atoms with E-state index >= 15 is 0 Å². The van der Waals surface area contributed by atoms with Crippen molar-refractivity contribution in [2.75, 3.05) is 19.7 Å². The van der Waals surface area contributed by atoms with Crippen LogP contribution < -0.4 is 9.47 Å². The van der Waals surface area contributed by atoms with Gasteiger partial charge in [0.2, 0.25) is 5.91 Å². The minimum Gasteiger partial charge on any atom is -0.493 e. The lowest BCUT2D eigenvalue weighted by molar-refractivity contribution is -0.134. The van der Waals surface area contributed by atoms with Crippen LogP contribution in [0.3, 0.4) is 0 Å². The molecule has 0 unspecified atom stereocenters. The number of carbonyl (C=O) groups excluding carboxylic acids is 1. The van der Waals surface area contributed by atoms with Gasteiger partial charge in [0, 0.05) is 19.0 Å². The molecule has 3 aliphatic carbocycles. The molecule has 0 bridgehead atoms. The summed E-state index contributed by atoms with van der Waals surface area (Å²) in [5.41, 5.74) is 1.41. The standard InChI is InChI=1S/C30H43NO3/c32-29(25-6-7-25)31-18-13-24(14-19-31)21-33-27-8-9-28-26(20-27)12-17-30(34-28)15-10-23(11-16-30)5-4-22-2-1-3-22/h8-9,20,22-25H,1-7,10-19,21H2. The Labute approximate surface area is 205 Å². The van der Waals surface area contributed by atoms with Crippen molar-refractivity contribution in [3.05, 3.63) is 23.8 Å². The van der Waals surface area contributed by atoms with E-state index in [1.807, 2.05) is 0 Å². The van der Waals surface area contributed by atoms with E-state index in [0.29, 0.717) is 17.7 Å². The smallest absolute Gasteiger partial charge is 0.225 e. The Hall–Kier alpha value is -1.71. The fourth-order valence-corrected chi connectivity index (χ4v) is 6.81. The molecule has 34 heavy (non-hydrogen) atoms. The third kappa shape index (κ3) is 5.11. The maximum absolute atomic E-state index is 12.3. The zero-order valence-corrected chi connectivity index (χ0v) is 20.9. The number of ether oxygens (including phenoxy) is 2. The summed E-state index contributed by atoms with van der Waals surface area (Å²) in [4.78, 5) is 14.3. The van der Waals surface area contributed by atoms with Gasteiger partial charge in [-0.25, -0.2) is 0 Å². The van der Waals surface area contributed by atoms with Crippen LogP contribution >= 0.6 is 0 Å². The van der Waals surface area contributed by atoms with Gasteiger partial charge in [-0.2, -0.15) is 0 Å². The molecule has 2 heterocycles. The first kappa shape index (κ1) is 22.7. The van der Waals surface area contributed by atoms with Gasteiger partial charge in [0.05, 0.1) is 6.61 Å².